The molecule has 1 aliphatic carbocycles. The number of nitrogens with zero attached hydrogens (tertiary/aromatic N) is 2. The highest BCUT2D eigenvalue weighted by Crippen LogP contribution is 2.49. The molecule has 0 bridgehead atoms. The fraction of sp³-hybridized carbons (Fsp3) is 0.0857. The van der Waals surface area contributed by atoms with Gasteiger partial charge in [0.1, 0.15) is 0 Å². The van der Waals surface area contributed by atoms with E-state index in [1.807, 2.05) is 0 Å². The van der Waals surface area contributed by atoms with E-state index < -0.39 is 0 Å². The van der Waals surface area contributed by atoms with Crippen molar-refractivity contribution in [1.29, 1.82) is 0 Å². The summed E-state index contributed by atoms with van der Waals surface area (Å²) >= 11 is 0. The topological polar surface area (TPSA) is 8.17 Å². The van der Waals surface area contributed by atoms with Crippen molar-refractivity contribution in [2.75, 3.05) is 4.90 Å². The van der Waals surface area contributed by atoms with Crippen LogP contribution in [0.3, 0.4) is 0 Å². The summed E-state index contributed by atoms with van der Waals surface area (Å²) in [5, 5.41) is 5.17. The van der Waals surface area contributed by atoms with Crippen LogP contribution in [0.4, 0.5) is 11.4 Å². The van der Waals surface area contributed by atoms with Crippen LogP contribution in [0.2, 0.25) is 0 Å². The third kappa shape index (κ3) is 2.99. The van der Waals surface area contributed by atoms with Gasteiger partial charge in [-0.25, -0.2) is 0 Å². The highest BCUT2D eigenvalue weighted by Gasteiger charge is 2.37. The Bertz CT molecular complexity index is 1920. The molecule has 2 heteroatoms. The quantitative estimate of drug-likeness (QED) is 0.243. The summed E-state index contributed by atoms with van der Waals surface area (Å²) in [7, 11) is 2.16. The lowest BCUT2D eigenvalue weighted by atomic mass is 9.90. The van der Waals surface area contributed by atoms with Gasteiger partial charge in [0, 0.05) is 46.1 Å². The van der Waals surface area contributed by atoms with Crippen LogP contribution in [0.25, 0.3) is 43.7 Å². The van der Waals surface area contributed by atoms with Crippen molar-refractivity contribution in [3.05, 3.63) is 133 Å². The van der Waals surface area contributed by atoms with Gasteiger partial charge in [0.05, 0.1) is 6.04 Å². The lowest BCUT2D eigenvalue weighted by molar-refractivity contribution is 0.745. The fourth-order valence-corrected chi connectivity index (χ4v) is 6.49. The molecule has 0 saturated heterocycles. The number of aromatic nitrogens is 1. The smallest absolute Gasteiger partial charge is 0.0629 e. The van der Waals surface area contributed by atoms with Crippen LogP contribution in [0.15, 0.2) is 127 Å². The summed E-state index contributed by atoms with van der Waals surface area (Å²) < 4.78 is 2.29. The van der Waals surface area contributed by atoms with Gasteiger partial charge in [-0.15, -0.1) is 0 Å². The van der Waals surface area contributed by atoms with Gasteiger partial charge in [0.15, 0.2) is 0 Å². The molecule has 0 fully saturated rings. The Morgan fingerprint density at radius 2 is 1.35 bits per heavy atom. The van der Waals surface area contributed by atoms with Crippen LogP contribution >= 0.6 is 0 Å². The van der Waals surface area contributed by atoms with Gasteiger partial charge < -0.3 is 9.47 Å². The molecule has 0 amide bonds. The number of fused-ring (bicyclic) bond motifs is 7. The molecule has 8 rings (SSSR count). The van der Waals surface area contributed by atoms with Crippen LogP contribution in [0.5, 0.6) is 0 Å². The summed E-state index contributed by atoms with van der Waals surface area (Å²) in [4.78, 5) is 2.53. The van der Waals surface area contributed by atoms with Gasteiger partial charge in [-0.2, -0.15) is 0 Å². The molecule has 2 atom stereocenters. The molecule has 2 nitrogen and oxygen atoms in total. The SMILES string of the molecule is Cn1c2ccccc2c2cc(-c3ccc4c(c3)N(c3ccc5ccccc5c3)C3C=CC=CC43)ccc21. The molecule has 2 unspecified atom stereocenters. The van der Waals surface area contributed by atoms with Crippen molar-refractivity contribution in [1.82, 2.24) is 4.57 Å². The highest BCUT2D eigenvalue weighted by molar-refractivity contribution is 6.09. The molecule has 0 radical (unpaired) electrons. The number of rotatable bonds is 2. The predicted molar refractivity (Wildman–Crippen MR) is 157 cm³/mol. The van der Waals surface area contributed by atoms with E-state index in [0.717, 1.165) is 0 Å². The van der Waals surface area contributed by atoms with Gasteiger partial charge in [-0.05, 0) is 63.9 Å². The first kappa shape index (κ1) is 20.6. The molecule has 0 spiro atoms. The molecular formula is C35H26N2. The number of benzene rings is 5. The normalized spacial score (nSPS) is 18.1. The standard InChI is InChI=1S/C35H26N2/c1-36-32-12-6-4-11-29(32)31-21-25(16-19-33(31)36)26-15-18-30-28-10-5-7-13-34(28)37(35(30)22-26)27-17-14-23-8-2-3-9-24(23)20-27/h2-22,28,34H,1H3. The van der Waals surface area contributed by atoms with Crippen LogP contribution in [-0.2, 0) is 7.05 Å². The average Bonchev–Trinajstić information content (AvgIpc) is 3.44. The Morgan fingerprint density at radius 1 is 0.595 bits per heavy atom. The Hall–Kier alpha value is -4.56. The first-order chi connectivity index (χ1) is 18.3. The Kier molecular flexibility index (Phi) is 4.30. The molecule has 0 saturated carbocycles. The van der Waals surface area contributed by atoms with Crippen molar-refractivity contribution in [2.45, 2.75) is 12.0 Å². The summed E-state index contributed by atoms with van der Waals surface area (Å²) in [6.45, 7) is 0. The molecule has 2 aliphatic rings. The largest absolute Gasteiger partial charge is 0.344 e. The number of anilines is 2. The zero-order valence-electron chi connectivity index (χ0n) is 20.7. The molecule has 0 N–H and O–H groups in total. The third-order valence-corrected chi connectivity index (χ3v) is 8.31. The van der Waals surface area contributed by atoms with Crippen LogP contribution in [0.1, 0.15) is 11.5 Å². The summed E-state index contributed by atoms with van der Waals surface area (Å²) in [6.07, 6.45) is 9.09. The van der Waals surface area contributed by atoms with E-state index in [0.29, 0.717) is 5.92 Å². The van der Waals surface area contributed by atoms with Gasteiger partial charge in [-0.1, -0.05) is 91.0 Å². The molecule has 1 aromatic heterocycles. The Balaban J connectivity index is 1.30. The van der Waals surface area contributed by atoms with E-state index in [-0.39, 0.29) is 6.04 Å². The van der Waals surface area contributed by atoms with Crippen LogP contribution < -0.4 is 4.90 Å². The maximum atomic E-state index is 2.53. The number of hydrogen-bond donors (Lipinski definition) is 0. The number of hydrogen-bond acceptors (Lipinski definition) is 1. The van der Waals surface area contributed by atoms with E-state index in [9.17, 15) is 0 Å². The van der Waals surface area contributed by atoms with Crippen molar-refractivity contribution in [3.63, 3.8) is 0 Å². The molecule has 6 aromatic rings. The van der Waals surface area contributed by atoms with E-state index in [1.54, 1.807) is 0 Å². The maximum absolute atomic E-state index is 2.53. The summed E-state index contributed by atoms with van der Waals surface area (Å²) in [5.41, 5.74) is 9.00. The molecule has 5 aromatic carbocycles. The molecule has 1 aliphatic heterocycles. The van der Waals surface area contributed by atoms with E-state index >= 15 is 0 Å². The lowest BCUT2D eigenvalue weighted by Crippen LogP contribution is -2.28. The minimum atomic E-state index is 0.289. The minimum Gasteiger partial charge on any atom is -0.344 e. The first-order valence-corrected chi connectivity index (χ1v) is 13.0. The first-order valence-electron chi connectivity index (χ1n) is 13.0. The van der Waals surface area contributed by atoms with E-state index in [1.165, 1.54) is 60.6 Å². The average molecular weight is 475 g/mol. The summed E-state index contributed by atoms with van der Waals surface area (Å²) in [6, 6.07) is 38.4. The number of aryl methyl sites for hydroxylation is 1. The minimum absolute atomic E-state index is 0.289. The van der Waals surface area contributed by atoms with Crippen LogP contribution in [-0.4, -0.2) is 10.6 Å². The van der Waals surface area contributed by atoms with Gasteiger partial charge in [0.25, 0.3) is 0 Å². The van der Waals surface area contributed by atoms with E-state index in [2.05, 4.69) is 144 Å². The predicted octanol–water partition coefficient (Wildman–Crippen LogP) is 8.88. The number of para-hydroxylation sites is 1. The highest BCUT2D eigenvalue weighted by atomic mass is 15.2. The summed E-state index contributed by atoms with van der Waals surface area (Å²) in [5.74, 6) is 0.362. The van der Waals surface area contributed by atoms with Crippen molar-refractivity contribution < 1.29 is 0 Å². The van der Waals surface area contributed by atoms with E-state index in [4.69, 9.17) is 0 Å². The van der Waals surface area contributed by atoms with Crippen LogP contribution in [0, 0.1) is 0 Å². The second-order valence-electron chi connectivity index (χ2n) is 10.3. The van der Waals surface area contributed by atoms with Crippen molar-refractivity contribution >= 4 is 44.0 Å². The Labute approximate surface area is 216 Å². The molecule has 2 heterocycles. The zero-order chi connectivity index (χ0) is 24.5. The lowest BCUT2D eigenvalue weighted by Gasteiger charge is -2.29. The van der Waals surface area contributed by atoms with Gasteiger partial charge in [-0.3, -0.25) is 0 Å². The monoisotopic (exact) mass is 474 g/mol. The van der Waals surface area contributed by atoms with Crippen molar-refractivity contribution in [3.8, 4) is 11.1 Å². The second kappa shape index (κ2) is 7.72. The van der Waals surface area contributed by atoms with Crippen molar-refractivity contribution in [2.24, 2.45) is 7.05 Å². The second-order valence-corrected chi connectivity index (χ2v) is 10.3. The zero-order valence-corrected chi connectivity index (χ0v) is 20.7. The number of allylic oxidation sites excluding steroid dienone is 2. The Morgan fingerprint density at radius 3 is 2.30 bits per heavy atom. The fourth-order valence-electron chi connectivity index (χ4n) is 6.49. The molecule has 37 heavy (non-hydrogen) atoms. The maximum Gasteiger partial charge on any atom is 0.0629 e. The third-order valence-electron chi connectivity index (χ3n) is 8.31. The van der Waals surface area contributed by atoms with Gasteiger partial charge in [0.2, 0.25) is 0 Å². The molecule has 176 valence electrons. The van der Waals surface area contributed by atoms with Gasteiger partial charge >= 0.3 is 0 Å². The molecular weight excluding hydrogens is 448 g/mol.